The highest BCUT2D eigenvalue weighted by Gasteiger charge is 2.25. The van der Waals surface area contributed by atoms with Gasteiger partial charge in [-0.1, -0.05) is 43.7 Å². The molecule has 0 radical (unpaired) electrons. The third-order valence-corrected chi connectivity index (χ3v) is 2.55. The van der Waals surface area contributed by atoms with Crippen molar-refractivity contribution in [3.63, 3.8) is 0 Å². The maximum absolute atomic E-state index is 11.5. The maximum atomic E-state index is 11.5. The molecule has 0 aromatic heterocycles. The van der Waals surface area contributed by atoms with Crippen molar-refractivity contribution in [3.8, 4) is 0 Å². The van der Waals surface area contributed by atoms with Crippen LogP contribution in [0.2, 0.25) is 0 Å². The quantitative estimate of drug-likeness (QED) is 0.622. The van der Waals surface area contributed by atoms with Crippen LogP contribution in [0.15, 0.2) is 35.4 Å². The molecule has 1 aromatic carbocycles. The van der Waals surface area contributed by atoms with E-state index in [4.69, 9.17) is 0 Å². The summed E-state index contributed by atoms with van der Waals surface area (Å²) in [7, 11) is 3.61. The van der Waals surface area contributed by atoms with Gasteiger partial charge in [0.05, 0.1) is 5.71 Å². The van der Waals surface area contributed by atoms with Crippen LogP contribution in [-0.2, 0) is 4.79 Å². The lowest BCUT2D eigenvalue weighted by molar-refractivity contribution is -0.137. The number of carboxylic acids is 1. The average Bonchev–Trinajstić information content (AvgIpc) is 2.29. The Morgan fingerprint density at radius 1 is 1.33 bits per heavy atom. The SMILES string of the molecule is CCCC(=NN(C)C)C(C(=O)O)c1ccccc1. The molecule has 0 aliphatic carbocycles. The minimum absolute atomic E-state index is 0.659. The molecular weight excluding hydrogens is 228 g/mol. The minimum atomic E-state index is -0.852. The predicted molar refractivity (Wildman–Crippen MR) is 72.8 cm³/mol. The first-order chi connectivity index (χ1) is 8.56. The smallest absolute Gasteiger partial charge is 0.316 e. The van der Waals surface area contributed by atoms with Crippen LogP contribution >= 0.6 is 0 Å². The van der Waals surface area contributed by atoms with Crippen LogP contribution in [0.4, 0.5) is 0 Å². The molecule has 0 fully saturated rings. The van der Waals surface area contributed by atoms with Crippen LogP contribution in [0.5, 0.6) is 0 Å². The Morgan fingerprint density at radius 2 is 1.94 bits per heavy atom. The Hall–Kier alpha value is -1.84. The number of aliphatic carboxylic acids is 1. The van der Waals surface area contributed by atoms with E-state index in [-0.39, 0.29) is 0 Å². The lowest BCUT2D eigenvalue weighted by Crippen LogP contribution is -2.24. The fraction of sp³-hybridized carbons (Fsp3) is 0.429. The lowest BCUT2D eigenvalue weighted by atomic mass is 9.92. The van der Waals surface area contributed by atoms with Gasteiger partial charge in [-0.15, -0.1) is 0 Å². The summed E-state index contributed by atoms with van der Waals surface area (Å²) < 4.78 is 0. The molecule has 0 spiro atoms. The van der Waals surface area contributed by atoms with Crippen LogP contribution in [0.1, 0.15) is 31.2 Å². The maximum Gasteiger partial charge on any atom is 0.316 e. The van der Waals surface area contributed by atoms with E-state index in [1.807, 2.05) is 37.3 Å². The van der Waals surface area contributed by atoms with E-state index in [2.05, 4.69) is 5.10 Å². The molecule has 1 N–H and O–H groups in total. The number of rotatable bonds is 6. The van der Waals surface area contributed by atoms with Crippen LogP contribution in [0, 0.1) is 0 Å². The number of nitrogens with zero attached hydrogens (tertiary/aromatic N) is 2. The molecule has 4 nitrogen and oxygen atoms in total. The number of hydrazone groups is 1. The topological polar surface area (TPSA) is 52.9 Å². The van der Waals surface area contributed by atoms with E-state index in [0.717, 1.165) is 12.0 Å². The predicted octanol–water partition coefficient (Wildman–Crippen LogP) is 2.57. The summed E-state index contributed by atoms with van der Waals surface area (Å²) in [6.07, 6.45) is 1.56. The van der Waals surface area contributed by atoms with Crippen LogP contribution in [0.25, 0.3) is 0 Å². The van der Waals surface area contributed by atoms with E-state index >= 15 is 0 Å². The Morgan fingerprint density at radius 3 is 2.39 bits per heavy atom. The van der Waals surface area contributed by atoms with Gasteiger partial charge in [-0.2, -0.15) is 5.10 Å². The molecular formula is C14H20N2O2. The molecule has 0 saturated carbocycles. The molecule has 1 aromatic rings. The van der Waals surface area contributed by atoms with E-state index < -0.39 is 11.9 Å². The third-order valence-electron chi connectivity index (χ3n) is 2.55. The zero-order chi connectivity index (χ0) is 13.5. The first-order valence-corrected chi connectivity index (χ1v) is 6.08. The molecule has 1 rings (SSSR count). The van der Waals surface area contributed by atoms with E-state index in [1.54, 1.807) is 19.1 Å². The zero-order valence-electron chi connectivity index (χ0n) is 11.1. The average molecular weight is 248 g/mol. The van der Waals surface area contributed by atoms with Gasteiger partial charge in [-0.3, -0.25) is 4.79 Å². The highest BCUT2D eigenvalue weighted by atomic mass is 16.4. The summed E-state index contributed by atoms with van der Waals surface area (Å²) in [6.45, 7) is 2.02. The molecule has 1 unspecified atom stereocenters. The summed E-state index contributed by atoms with van der Waals surface area (Å²) in [5.41, 5.74) is 1.47. The molecule has 0 amide bonds. The van der Waals surface area contributed by atoms with Crippen LogP contribution in [-0.4, -0.2) is 35.9 Å². The van der Waals surface area contributed by atoms with Crippen molar-refractivity contribution in [2.75, 3.05) is 14.1 Å². The van der Waals surface area contributed by atoms with Crippen molar-refractivity contribution >= 4 is 11.7 Å². The van der Waals surface area contributed by atoms with Crippen molar-refractivity contribution in [2.45, 2.75) is 25.7 Å². The Labute approximate surface area is 108 Å². The van der Waals surface area contributed by atoms with Gasteiger partial charge in [-0.25, -0.2) is 0 Å². The summed E-state index contributed by atoms with van der Waals surface area (Å²) in [4.78, 5) is 11.5. The van der Waals surface area contributed by atoms with Crippen molar-refractivity contribution < 1.29 is 9.90 Å². The highest BCUT2D eigenvalue weighted by molar-refractivity contribution is 6.06. The first-order valence-electron chi connectivity index (χ1n) is 6.08. The Bertz CT molecular complexity index is 413. The second-order valence-electron chi connectivity index (χ2n) is 4.37. The molecule has 0 aliphatic heterocycles. The second-order valence-corrected chi connectivity index (χ2v) is 4.37. The van der Waals surface area contributed by atoms with Crippen molar-refractivity contribution in [3.05, 3.63) is 35.9 Å². The molecule has 18 heavy (non-hydrogen) atoms. The molecule has 0 saturated heterocycles. The third kappa shape index (κ3) is 3.87. The number of hydrogen-bond donors (Lipinski definition) is 1. The Kier molecular flexibility index (Phi) is 5.36. The van der Waals surface area contributed by atoms with Gasteiger partial charge >= 0.3 is 5.97 Å². The molecule has 0 aliphatic rings. The largest absolute Gasteiger partial charge is 0.480 e. The van der Waals surface area contributed by atoms with Crippen molar-refractivity contribution in [1.29, 1.82) is 0 Å². The lowest BCUT2D eigenvalue weighted by Gasteiger charge is -2.17. The van der Waals surface area contributed by atoms with Crippen LogP contribution < -0.4 is 0 Å². The standard InChI is InChI=1S/C14H20N2O2/c1-4-8-12(15-16(2)3)13(14(17)18)11-9-6-5-7-10-11/h5-7,9-10,13H,4,8H2,1-3H3,(H,17,18). The van der Waals surface area contributed by atoms with Gasteiger partial charge < -0.3 is 10.1 Å². The van der Waals surface area contributed by atoms with Gasteiger partial charge in [0, 0.05) is 14.1 Å². The summed E-state index contributed by atoms with van der Waals surface area (Å²) in [5.74, 6) is -1.51. The van der Waals surface area contributed by atoms with Gasteiger partial charge in [-0.05, 0) is 12.0 Å². The van der Waals surface area contributed by atoms with E-state index in [1.165, 1.54) is 0 Å². The number of benzene rings is 1. The first kappa shape index (κ1) is 14.2. The van der Waals surface area contributed by atoms with E-state index in [0.29, 0.717) is 12.1 Å². The normalized spacial score (nSPS) is 13.2. The fourth-order valence-corrected chi connectivity index (χ4v) is 1.89. The fourth-order valence-electron chi connectivity index (χ4n) is 1.89. The minimum Gasteiger partial charge on any atom is -0.480 e. The molecule has 0 bridgehead atoms. The highest BCUT2D eigenvalue weighted by Crippen LogP contribution is 2.21. The summed E-state index contributed by atoms with van der Waals surface area (Å²) in [5, 5.41) is 15.4. The molecule has 1 atom stereocenters. The Balaban J connectivity index is 3.13. The van der Waals surface area contributed by atoms with Crippen molar-refractivity contribution in [1.82, 2.24) is 5.01 Å². The zero-order valence-corrected chi connectivity index (χ0v) is 11.1. The number of carbonyl (C=O) groups is 1. The monoisotopic (exact) mass is 248 g/mol. The number of hydrogen-bond acceptors (Lipinski definition) is 3. The van der Waals surface area contributed by atoms with Gasteiger partial charge in [0.2, 0.25) is 0 Å². The molecule has 4 heteroatoms. The van der Waals surface area contributed by atoms with Gasteiger partial charge in [0.1, 0.15) is 5.92 Å². The molecule has 98 valence electrons. The van der Waals surface area contributed by atoms with Gasteiger partial charge in [0.25, 0.3) is 0 Å². The second kappa shape index (κ2) is 6.79. The molecule has 0 heterocycles. The summed E-state index contributed by atoms with van der Waals surface area (Å²) >= 11 is 0. The van der Waals surface area contributed by atoms with Crippen LogP contribution in [0.3, 0.4) is 0 Å². The van der Waals surface area contributed by atoms with E-state index in [9.17, 15) is 9.90 Å². The van der Waals surface area contributed by atoms with Crippen molar-refractivity contribution in [2.24, 2.45) is 5.10 Å². The summed E-state index contributed by atoms with van der Waals surface area (Å²) in [6, 6.07) is 9.25. The van der Waals surface area contributed by atoms with Gasteiger partial charge in [0.15, 0.2) is 0 Å². The number of carboxylic acid groups (broad SMARTS) is 1.